The molecule has 2 aromatic heterocycles. The number of rotatable bonds is 1. The van der Waals surface area contributed by atoms with E-state index >= 15 is 0 Å². The molecule has 0 aliphatic rings. The third-order valence-corrected chi connectivity index (χ3v) is 2.60. The van der Waals surface area contributed by atoms with Gasteiger partial charge in [-0.25, -0.2) is 4.98 Å². The van der Waals surface area contributed by atoms with Crippen molar-refractivity contribution in [2.75, 3.05) is 7.11 Å². The summed E-state index contributed by atoms with van der Waals surface area (Å²) in [7, 11) is 1.65. The van der Waals surface area contributed by atoms with Gasteiger partial charge in [-0.15, -0.1) is 0 Å². The standard InChI is InChI=1S/C9H9BrN2O/c1-6-3-4-7(13-2)12-5-11-9(10)8(6)12/h3-5H,1-2H3. The van der Waals surface area contributed by atoms with E-state index in [0.717, 1.165) is 16.0 Å². The Morgan fingerprint density at radius 1 is 1.46 bits per heavy atom. The Morgan fingerprint density at radius 3 is 2.92 bits per heavy atom. The highest BCUT2D eigenvalue weighted by Gasteiger charge is 2.07. The van der Waals surface area contributed by atoms with Crippen molar-refractivity contribution in [2.45, 2.75) is 6.92 Å². The molecule has 2 heterocycles. The maximum absolute atomic E-state index is 5.20. The van der Waals surface area contributed by atoms with E-state index in [1.807, 2.05) is 23.5 Å². The van der Waals surface area contributed by atoms with Crippen LogP contribution in [0.4, 0.5) is 0 Å². The van der Waals surface area contributed by atoms with E-state index in [2.05, 4.69) is 20.9 Å². The molecular weight excluding hydrogens is 232 g/mol. The van der Waals surface area contributed by atoms with Crippen molar-refractivity contribution in [3.63, 3.8) is 0 Å². The van der Waals surface area contributed by atoms with Crippen molar-refractivity contribution in [1.29, 1.82) is 0 Å². The Hall–Kier alpha value is -1.03. The number of ether oxygens (including phenoxy) is 1. The summed E-state index contributed by atoms with van der Waals surface area (Å²) >= 11 is 3.39. The summed E-state index contributed by atoms with van der Waals surface area (Å²) in [5.41, 5.74) is 2.23. The lowest BCUT2D eigenvalue weighted by Crippen LogP contribution is -1.93. The van der Waals surface area contributed by atoms with Gasteiger partial charge in [-0.3, -0.25) is 4.40 Å². The molecule has 0 spiro atoms. The highest BCUT2D eigenvalue weighted by atomic mass is 79.9. The molecule has 0 unspecified atom stereocenters. The molecular formula is C9H9BrN2O. The van der Waals surface area contributed by atoms with Gasteiger partial charge in [0.15, 0.2) is 5.88 Å². The molecule has 2 aromatic rings. The fourth-order valence-electron chi connectivity index (χ4n) is 1.37. The predicted octanol–water partition coefficient (Wildman–Crippen LogP) is 2.41. The first-order chi connectivity index (χ1) is 6.24. The van der Waals surface area contributed by atoms with E-state index < -0.39 is 0 Å². The third kappa shape index (κ3) is 1.21. The monoisotopic (exact) mass is 240 g/mol. The van der Waals surface area contributed by atoms with E-state index in [1.54, 1.807) is 13.4 Å². The average Bonchev–Trinajstić information content (AvgIpc) is 2.50. The molecule has 3 nitrogen and oxygen atoms in total. The zero-order valence-electron chi connectivity index (χ0n) is 7.41. The van der Waals surface area contributed by atoms with Gasteiger partial charge >= 0.3 is 0 Å². The van der Waals surface area contributed by atoms with Crippen LogP contribution in [-0.2, 0) is 0 Å². The molecule has 0 radical (unpaired) electrons. The number of halogens is 1. The Kier molecular flexibility index (Phi) is 2.00. The van der Waals surface area contributed by atoms with Gasteiger partial charge in [-0.2, -0.15) is 0 Å². The molecule has 4 heteroatoms. The van der Waals surface area contributed by atoms with Gasteiger partial charge in [-0.05, 0) is 34.5 Å². The van der Waals surface area contributed by atoms with Crippen LogP contribution in [0.5, 0.6) is 5.88 Å². The minimum Gasteiger partial charge on any atom is -0.482 e. The molecule has 0 fully saturated rings. The summed E-state index contributed by atoms with van der Waals surface area (Å²) in [5, 5.41) is 0. The van der Waals surface area contributed by atoms with E-state index in [0.29, 0.717) is 0 Å². The fourth-order valence-corrected chi connectivity index (χ4v) is 1.96. The van der Waals surface area contributed by atoms with Crippen LogP contribution in [0.15, 0.2) is 23.1 Å². The van der Waals surface area contributed by atoms with Crippen LogP contribution < -0.4 is 4.74 Å². The second-order valence-corrected chi connectivity index (χ2v) is 3.56. The van der Waals surface area contributed by atoms with Crippen LogP contribution in [0, 0.1) is 6.92 Å². The quantitative estimate of drug-likeness (QED) is 0.766. The smallest absolute Gasteiger partial charge is 0.199 e. The normalized spacial score (nSPS) is 10.7. The molecule has 0 aliphatic heterocycles. The van der Waals surface area contributed by atoms with Crippen LogP contribution in [0.25, 0.3) is 5.52 Å². The summed E-state index contributed by atoms with van der Waals surface area (Å²) in [4.78, 5) is 4.16. The highest BCUT2D eigenvalue weighted by Crippen LogP contribution is 2.24. The summed E-state index contributed by atoms with van der Waals surface area (Å²) < 4.78 is 7.96. The first-order valence-electron chi connectivity index (χ1n) is 3.90. The lowest BCUT2D eigenvalue weighted by molar-refractivity contribution is 0.392. The zero-order chi connectivity index (χ0) is 9.42. The zero-order valence-corrected chi connectivity index (χ0v) is 9.00. The average molecular weight is 241 g/mol. The lowest BCUT2D eigenvalue weighted by atomic mass is 10.2. The molecule has 0 aliphatic carbocycles. The number of methoxy groups -OCH3 is 1. The number of aryl methyl sites for hydroxylation is 1. The molecule has 0 aromatic carbocycles. The first kappa shape index (κ1) is 8.56. The van der Waals surface area contributed by atoms with Crippen LogP contribution >= 0.6 is 15.9 Å². The van der Waals surface area contributed by atoms with Crippen LogP contribution in [0.3, 0.4) is 0 Å². The molecule has 0 bridgehead atoms. The number of hydrogen-bond donors (Lipinski definition) is 0. The van der Waals surface area contributed by atoms with Crippen LogP contribution in [-0.4, -0.2) is 16.5 Å². The SMILES string of the molecule is COc1ccc(C)c2c(Br)ncn12. The topological polar surface area (TPSA) is 26.5 Å². The Bertz CT molecular complexity index is 450. The Labute approximate surface area is 84.5 Å². The largest absolute Gasteiger partial charge is 0.482 e. The summed E-state index contributed by atoms with van der Waals surface area (Å²) in [6, 6.07) is 3.94. The molecule has 0 atom stereocenters. The maximum Gasteiger partial charge on any atom is 0.199 e. The second-order valence-electron chi connectivity index (χ2n) is 2.81. The molecule has 2 rings (SSSR count). The summed E-state index contributed by atoms with van der Waals surface area (Å²) in [6.07, 6.45) is 1.74. The van der Waals surface area contributed by atoms with Crippen molar-refractivity contribution in [3.8, 4) is 5.88 Å². The number of nitrogens with zero attached hydrogens (tertiary/aromatic N) is 2. The molecule has 0 N–H and O–H groups in total. The summed E-state index contributed by atoms with van der Waals surface area (Å²) in [5.74, 6) is 0.791. The fraction of sp³-hybridized carbons (Fsp3) is 0.222. The maximum atomic E-state index is 5.20. The minimum atomic E-state index is 0.791. The number of pyridine rings is 1. The van der Waals surface area contributed by atoms with Crippen molar-refractivity contribution in [1.82, 2.24) is 9.38 Å². The predicted molar refractivity (Wildman–Crippen MR) is 54.2 cm³/mol. The molecule has 0 saturated carbocycles. The van der Waals surface area contributed by atoms with Gasteiger partial charge in [0, 0.05) is 0 Å². The van der Waals surface area contributed by atoms with Crippen molar-refractivity contribution >= 4 is 21.4 Å². The Morgan fingerprint density at radius 2 is 2.23 bits per heavy atom. The van der Waals surface area contributed by atoms with Gasteiger partial charge in [0.2, 0.25) is 0 Å². The molecule has 13 heavy (non-hydrogen) atoms. The Balaban J connectivity index is 2.87. The number of hydrogen-bond acceptors (Lipinski definition) is 2. The van der Waals surface area contributed by atoms with E-state index in [9.17, 15) is 0 Å². The van der Waals surface area contributed by atoms with Gasteiger partial charge in [0.1, 0.15) is 10.9 Å². The molecule has 0 amide bonds. The van der Waals surface area contributed by atoms with Crippen molar-refractivity contribution in [2.24, 2.45) is 0 Å². The van der Waals surface area contributed by atoms with Crippen LogP contribution in [0.2, 0.25) is 0 Å². The second kappa shape index (κ2) is 3.03. The van der Waals surface area contributed by atoms with E-state index in [1.165, 1.54) is 5.56 Å². The number of imidazole rings is 1. The van der Waals surface area contributed by atoms with Crippen molar-refractivity contribution in [3.05, 3.63) is 28.6 Å². The van der Waals surface area contributed by atoms with Crippen molar-refractivity contribution < 1.29 is 4.74 Å². The van der Waals surface area contributed by atoms with Gasteiger partial charge in [-0.1, -0.05) is 6.07 Å². The van der Waals surface area contributed by atoms with Gasteiger partial charge in [0.05, 0.1) is 12.6 Å². The van der Waals surface area contributed by atoms with E-state index in [4.69, 9.17) is 4.74 Å². The summed E-state index contributed by atoms with van der Waals surface area (Å²) in [6.45, 7) is 2.04. The number of fused-ring (bicyclic) bond motifs is 1. The number of aromatic nitrogens is 2. The first-order valence-corrected chi connectivity index (χ1v) is 4.69. The third-order valence-electron chi connectivity index (χ3n) is 2.02. The van der Waals surface area contributed by atoms with E-state index in [-0.39, 0.29) is 0 Å². The van der Waals surface area contributed by atoms with Gasteiger partial charge in [0.25, 0.3) is 0 Å². The minimum absolute atomic E-state index is 0.791. The highest BCUT2D eigenvalue weighted by molar-refractivity contribution is 9.10. The van der Waals surface area contributed by atoms with Crippen LogP contribution in [0.1, 0.15) is 5.56 Å². The molecule has 0 saturated heterocycles. The molecule has 68 valence electrons. The van der Waals surface area contributed by atoms with Gasteiger partial charge < -0.3 is 4.74 Å². The lowest BCUT2D eigenvalue weighted by Gasteiger charge is -2.05.